The van der Waals surface area contributed by atoms with Gasteiger partial charge in [-0.3, -0.25) is 4.79 Å². The molecule has 0 aliphatic heterocycles. The number of hydrogen-bond donors (Lipinski definition) is 1. The molecule has 2 rings (SSSR count). The summed E-state index contributed by atoms with van der Waals surface area (Å²) in [5.41, 5.74) is 0.263. The molecular formula is C16H13ClF2INO. The summed E-state index contributed by atoms with van der Waals surface area (Å²) in [6.45, 7) is 0. The molecule has 0 bridgehead atoms. The van der Waals surface area contributed by atoms with Crippen LogP contribution in [0.2, 0.25) is 0 Å². The molecule has 0 saturated heterocycles. The number of carbonyl (C=O) groups is 1. The van der Waals surface area contributed by atoms with Crippen molar-refractivity contribution in [3.63, 3.8) is 0 Å². The summed E-state index contributed by atoms with van der Waals surface area (Å²) >= 11 is 7.94. The molecule has 0 saturated carbocycles. The first-order chi connectivity index (χ1) is 10.5. The Bertz CT molecular complexity index is 643. The summed E-state index contributed by atoms with van der Waals surface area (Å²) in [4.78, 5) is 12.2. The number of rotatable bonds is 5. The molecule has 1 unspecified atom stereocenters. The summed E-state index contributed by atoms with van der Waals surface area (Å²) in [5, 5.41) is 2.65. The Morgan fingerprint density at radius 3 is 2.27 bits per heavy atom. The lowest BCUT2D eigenvalue weighted by atomic mass is 10.0. The van der Waals surface area contributed by atoms with Crippen molar-refractivity contribution < 1.29 is 13.6 Å². The molecule has 0 spiro atoms. The van der Waals surface area contributed by atoms with Gasteiger partial charge >= 0.3 is 0 Å². The highest BCUT2D eigenvalue weighted by atomic mass is 127. The van der Waals surface area contributed by atoms with Crippen molar-refractivity contribution in [2.75, 3.05) is 5.88 Å². The number of halogens is 4. The van der Waals surface area contributed by atoms with Gasteiger partial charge in [0.05, 0.1) is 6.04 Å². The first kappa shape index (κ1) is 17.1. The van der Waals surface area contributed by atoms with Crippen molar-refractivity contribution in [3.8, 4) is 0 Å². The van der Waals surface area contributed by atoms with Crippen molar-refractivity contribution in [2.45, 2.75) is 12.5 Å². The average molecular weight is 436 g/mol. The molecule has 1 amide bonds. The highest BCUT2D eigenvalue weighted by Crippen LogP contribution is 2.21. The van der Waals surface area contributed by atoms with Crippen molar-refractivity contribution in [1.29, 1.82) is 0 Å². The zero-order chi connectivity index (χ0) is 16.1. The fraction of sp³-hybridized carbons (Fsp3) is 0.188. The van der Waals surface area contributed by atoms with E-state index in [9.17, 15) is 13.6 Å². The van der Waals surface area contributed by atoms with E-state index in [0.717, 1.165) is 21.3 Å². The van der Waals surface area contributed by atoms with E-state index in [-0.39, 0.29) is 0 Å². The van der Waals surface area contributed by atoms with Crippen LogP contribution < -0.4 is 5.32 Å². The normalized spacial score (nSPS) is 12.0. The van der Waals surface area contributed by atoms with Gasteiger partial charge in [0.15, 0.2) is 0 Å². The minimum Gasteiger partial charge on any atom is -0.345 e. The monoisotopic (exact) mass is 435 g/mol. The standard InChI is InChI=1S/C16H13ClF2INO/c17-9-8-14(10-4-6-11(20)7-5-10)21-16(22)15-12(18)2-1-3-13(15)19/h1-7,14H,8-9H2,(H,21,22). The largest absolute Gasteiger partial charge is 0.345 e. The van der Waals surface area contributed by atoms with Crippen LogP contribution in [0.3, 0.4) is 0 Å². The van der Waals surface area contributed by atoms with Gasteiger partial charge in [-0.1, -0.05) is 18.2 Å². The highest BCUT2D eigenvalue weighted by Gasteiger charge is 2.21. The first-order valence-electron chi connectivity index (χ1n) is 6.59. The predicted molar refractivity (Wildman–Crippen MR) is 91.1 cm³/mol. The molecule has 0 aliphatic rings. The fourth-order valence-electron chi connectivity index (χ4n) is 2.07. The summed E-state index contributed by atoms with van der Waals surface area (Å²) < 4.78 is 28.4. The predicted octanol–water partition coefficient (Wildman–Crippen LogP) is 4.67. The van der Waals surface area contributed by atoms with E-state index in [0.29, 0.717) is 12.3 Å². The molecule has 6 heteroatoms. The Balaban J connectivity index is 2.24. The van der Waals surface area contributed by atoms with Gasteiger partial charge in [0.1, 0.15) is 17.2 Å². The number of alkyl halides is 1. The van der Waals surface area contributed by atoms with Crippen molar-refractivity contribution in [2.24, 2.45) is 0 Å². The Kier molecular flexibility index (Phi) is 6.14. The Labute approximate surface area is 146 Å². The number of nitrogens with one attached hydrogen (secondary N) is 1. The van der Waals surface area contributed by atoms with E-state index in [2.05, 4.69) is 27.9 Å². The second-order valence-electron chi connectivity index (χ2n) is 4.65. The van der Waals surface area contributed by atoms with Crippen molar-refractivity contribution in [3.05, 3.63) is 68.8 Å². The van der Waals surface area contributed by atoms with E-state index in [1.165, 1.54) is 6.07 Å². The van der Waals surface area contributed by atoms with E-state index in [1.807, 2.05) is 24.3 Å². The molecule has 2 nitrogen and oxygen atoms in total. The van der Waals surface area contributed by atoms with Crippen LogP contribution in [0, 0.1) is 15.2 Å². The smallest absolute Gasteiger partial charge is 0.257 e. The molecule has 22 heavy (non-hydrogen) atoms. The summed E-state index contributed by atoms with van der Waals surface area (Å²) in [7, 11) is 0. The maximum Gasteiger partial charge on any atom is 0.257 e. The van der Waals surface area contributed by atoms with Crippen LogP contribution in [-0.4, -0.2) is 11.8 Å². The van der Waals surface area contributed by atoms with Gasteiger partial charge in [-0.2, -0.15) is 0 Å². The van der Waals surface area contributed by atoms with Gasteiger partial charge in [-0.15, -0.1) is 11.6 Å². The Morgan fingerprint density at radius 1 is 1.14 bits per heavy atom. The minimum absolute atomic E-state index is 0.316. The van der Waals surface area contributed by atoms with Gasteiger partial charge in [-0.25, -0.2) is 8.78 Å². The zero-order valence-corrected chi connectivity index (χ0v) is 14.4. The minimum atomic E-state index is -0.885. The maximum absolute atomic E-state index is 13.7. The van der Waals surface area contributed by atoms with Crippen molar-refractivity contribution >= 4 is 40.1 Å². The lowest BCUT2D eigenvalue weighted by molar-refractivity contribution is 0.0927. The van der Waals surface area contributed by atoms with Crippen LogP contribution in [0.15, 0.2) is 42.5 Å². The lowest BCUT2D eigenvalue weighted by Gasteiger charge is -2.19. The molecular weight excluding hydrogens is 423 g/mol. The summed E-state index contributed by atoms with van der Waals surface area (Å²) in [6, 6.07) is 10.4. The zero-order valence-electron chi connectivity index (χ0n) is 11.5. The molecule has 1 atom stereocenters. The average Bonchev–Trinajstić information content (AvgIpc) is 2.47. The topological polar surface area (TPSA) is 29.1 Å². The van der Waals surface area contributed by atoms with Gasteiger partial charge in [0, 0.05) is 9.45 Å². The number of benzene rings is 2. The van der Waals surface area contributed by atoms with E-state index in [4.69, 9.17) is 11.6 Å². The second kappa shape index (κ2) is 7.87. The first-order valence-corrected chi connectivity index (χ1v) is 8.20. The van der Waals surface area contributed by atoms with E-state index < -0.39 is 29.1 Å². The van der Waals surface area contributed by atoms with E-state index >= 15 is 0 Å². The van der Waals surface area contributed by atoms with Crippen LogP contribution in [-0.2, 0) is 0 Å². The SMILES string of the molecule is O=C(NC(CCCl)c1ccc(I)cc1)c1c(F)cccc1F. The number of carbonyl (C=O) groups excluding carboxylic acids is 1. The van der Waals surface area contributed by atoms with Gasteiger partial charge in [0.2, 0.25) is 0 Å². The van der Waals surface area contributed by atoms with Gasteiger partial charge < -0.3 is 5.32 Å². The summed E-state index contributed by atoms with van der Waals surface area (Å²) in [6.07, 6.45) is 0.462. The molecule has 1 N–H and O–H groups in total. The molecule has 2 aromatic rings. The third kappa shape index (κ3) is 4.16. The fourth-order valence-corrected chi connectivity index (χ4v) is 2.65. The number of hydrogen-bond acceptors (Lipinski definition) is 1. The summed E-state index contributed by atoms with van der Waals surface area (Å²) in [5.74, 6) is -2.24. The molecule has 0 aliphatic carbocycles. The number of amides is 1. The Morgan fingerprint density at radius 2 is 1.73 bits per heavy atom. The highest BCUT2D eigenvalue weighted by molar-refractivity contribution is 14.1. The van der Waals surface area contributed by atoms with Crippen LogP contribution in [0.4, 0.5) is 8.78 Å². The molecule has 0 heterocycles. The Hall–Kier alpha value is -1.21. The van der Waals surface area contributed by atoms with Crippen LogP contribution >= 0.6 is 34.2 Å². The van der Waals surface area contributed by atoms with Crippen LogP contribution in [0.25, 0.3) is 0 Å². The van der Waals surface area contributed by atoms with Gasteiger partial charge in [0.25, 0.3) is 5.91 Å². The van der Waals surface area contributed by atoms with Gasteiger partial charge in [-0.05, 0) is 58.8 Å². The third-order valence-corrected chi connectivity index (χ3v) is 4.10. The van der Waals surface area contributed by atoms with Crippen molar-refractivity contribution in [1.82, 2.24) is 5.32 Å². The second-order valence-corrected chi connectivity index (χ2v) is 6.28. The quantitative estimate of drug-likeness (QED) is 0.537. The molecule has 0 fully saturated rings. The molecule has 0 radical (unpaired) electrons. The molecule has 116 valence electrons. The lowest BCUT2D eigenvalue weighted by Crippen LogP contribution is -2.30. The van der Waals surface area contributed by atoms with E-state index in [1.54, 1.807) is 0 Å². The van der Waals surface area contributed by atoms with Crippen LogP contribution in [0.5, 0.6) is 0 Å². The molecule has 2 aromatic carbocycles. The maximum atomic E-state index is 13.7. The van der Waals surface area contributed by atoms with Crippen LogP contribution in [0.1, 0.15) is 28.4 Å². The molecule has 0 aromatic heterocycles. The third-order valence-electron chi connectivity index (χ3n) is 3.17.